The van der Waals surface area contributed by atoms with Gasteiger partial charge >= 0.3 is 0 Å². The Balaban J connectivity index is 2.03. The maximum atomic E-state index is 9.29. The fourth-order valence-corrected chi connectivity index (χ4v) is 2.46. The van der Waals surface area contributed by atoms with Gasteiger partial charge < -0.3 is 15.5 Å². The Hall–Kier alpha value is -0.900. The van der Waals surface area contributed by atoms with E-state index in [1.54, 1.807) is 0 Å². The molecule has 0 fully saturated rings. The normalized spacial score (nSPS) is 20.1. The second-order valence-electron chi connectivity index (χ2n) is 5.23. The van der Waals surface area contributed by atoms with Gasteiger partial charge in [0.2, 0.25) is 0 Å². The minimum Gasteiger partial charge on any atom is -0.394 e. The van der Waals surface area contributed by atoms with E-state index >= 15 is 0 Å². The van der Waals surface area contributed by atoms with Gasteiger partial charge in [-0.2, -0.15) is 0 Å². The first-order valence-corrected chi connectivity index (χ1v) is 6.23. The number of benzene rings is 1. The summed E-state index contributed by atoms with van der Waals surface area (Å²) in [5, 5.41) is 21.9. The lowest BCUT2D eigenvalue weighted by atomic mass is 9.87. The third kappa shape index (κ3) is 2.86. The van der Waals surface area contributed by atoms with Gasteiger partial charge in [-0.3, -0.25) is 0 Å². The van der Waals surface area contributed by atoms with E-state index in [0.717, 1.165) is 19.3 Å². The summed E-state index contributed by atoms with van der Waals surface area (Å²) in [7, 11) is 0. The highest BCUT2D eigenvalue weighted by Crippen LogP contribution is 2.22. The number of hydrogen-bond acceptors (Lipinski definition) is 3. The van der Waals surface area contributed by atoms with Gasteiger partial charge in [0.25, 0.3) is 0 Å². The van der Waals surface area contributed by atoms with Crippen molar-refractivity contribution in [3.8, 4) is 0 Å². The molecule has 1 aromatic rings. The van der Waals surface area contributed by atoms with E-state index in [2.05, 4.69) is 29.6 Å². The number of nitrogens with one attached hydrogen (secondary N) is 1. The van der Waals surface area contributed by atoms with Crippen molar-refractivity contribution in [1.82, 2.24) is 5.32 Å². The fraction of sp³-hybridized carbons (Fsp3) is 0.571. The molecule has 0 aromatic heterocycles. The topological polar surface area (TPSA) is 52.5 Å². The van der Waals surface area contributed by atoms with Crippen molar-refractivity contribution in [3.63, 3.8) is 0 Å². The first-order chi connectivity index (χ1) is 8.17. The molecule has 0 spiro atoms. The van der Waals surface area contributed by atoms with Crippen LogP contribution in [0, 0.1) is 0 Å². The van der Waals surface area contributed by atoms with Crippen LogP contribution in [0.4, 0.5) is 0 Å². The fourth-order valence-electron chi connectivity index (χ4n) is 2.46. The Kier molecular flexibility index (Phi) is 3.82. The molecule has 3 nitrogen and oxygen atoms in total. The van der Waals surface area contributed by atoms with Crippen LogP contribution in [0.15, 0.2) is 24.3 Å². The SMILES string of the molecule is CC(CO)(CO)NC1CCc2ccccc2C1. The molecule has 0 bridgehead atoms. The van der Waals surface area contributed by atoms with Gasteiger partial charge in [0, 0.05) is 6.04 Å². The molecular formula is C14H21NO2. The lowest BCUT2D eigenvalue weighted by Crippen LogP contribution is -2.54. The lowest BCUT2D eigenvalue weighted by Gasteiger charge is -2.34. The molecule has 1 aliphatic rings. The zero-order chi connectivity index (χ0) is 12.3. The van der Waals surface area contributed by atoms with E-state index in [0.29, 0.717) is 6.04 Å². The van der Waals surface area contributed by atoms with E-state index < -0.39 is 5.54 Å². The summed E-state index contributed by atoms with van der Waals surface area (Å²) in [6, 6.07) is 8.84. The van der Waals surface area contributed by atoms with Crippen molar-refractivity contribution < 1.29 is 10.2 Å². The molecule has 1 atom stereocenters. The smallest absolute Gasteiger partial charge is 0.0633 e. The number of aryl methyl sites for hydroxylation is 1. The number of rotatable bonds is 4. The third-order valence-electron chi connectivity index (χ3n) is 3.60. The Morgan fingerprint density at radius 3 is 2.53 bits per heavy atom. The average molecular weight is 235 g/mol. The molecule has 0 aliphatic heterocycles. The molecule has 3 N–H and O–H groups in total. The Morgan fingerprint density at radius 1 is 1.24 bits per heavy atom. The number of fused-ring (bicyclic) bond motifs is 1. The van der Waals surface area contributed by atoms with Gasteiger partial charge in [0.1, 0.15) is 0 Å². The van der Waals surface area contributed by atoms with E-state index in [1.807, 2.05) is 6.92 Å². The molecule has 0 saturated heterocycles. The van der Waals surface area contributed by atoms with Crippen molar-refractivity contribution in [1.29, 1.82) is 0 Å². The molecule has 0 amide bonds. The number of hydrogen-bond donors (Lipinski definition) is 3. The van der Waals surface area contributed by atoms with E-state index in [1.165, 1.54) is 11.1 Å². The summed E-state index contributed by atoms with van der Waals surface area (Å²) in [6.45, 7) is 1.77. The third-order valence-corrected chi connectivity index (χ3v) is 3.60. The van der Waals surface area contributed by atoms with Crippen LogP contribution in [0.25, 0.3) is 0 Å². The molecule has 94 valence electrons. The molecular weight excluding hydrogens is 214 g/mol. The molecule has 1 unspecified atom stereocenters. The summed E-state index contributed by atoms with van der Waals surface area (Å²) < 4.78 is 0. The van der Waals surface area contributed by atoms with Gasteiger partial charge in [-0.1, -0.05) is 24.3 Å². The summed E-state index contributed by atoms with van der Waals surface area (Å²) in [5.41, 5.74) is 2.24. The van der Waals surface area contributed by atoms with Gasteiger partial charge in [-0.05, 0) is 37.3 Å². The highest BCUT2D eigenvalue weighted by Gasteiger charge is 2.27. The minimum absolute atomic E-state index is 0.0400. The predicted molar refractivity (Wildman–Crippen MR) is 68.0 cm³/mol. The molecule has 2 rings (SSSR count). The first-order valence-electron chi connectivity index (χ1n) is 6.23. The van der Waals surface area contributed by atoms with Crippen molar-refractivity contribution >= 4 is 0 Å². The van der Waals surface area contributed by atoms with Crippen molar-refractivity contribution in [2.75, 3.05) is 13.2 Å². The van der Waals surface area contributed by atoms with Crippen LogP contribution in [0.5, 0.6) is 0 Å². The van der Waals surface area contributed by atoms with Crippen LogP contribution in [0.1, 0.15) is 24.5 Å². The van der Waals surface area contributed by atoms with E-state index in [9.17, 15) is 10.2 Å². The van der Waals surface area contributed by atoms with Crippen LogP contribution >= 0.6 is 0 Å². The Labute approximate surface area is 102 Å². The van der Waals surface area contributed by atoms with Crippen LogP contribution in [0.2, 0.25) is 0 Å². The Morgan fingerprint density at radius 2 is 1.88 bits per heavy atom. The zero-order valence-electron chi connectivity index (χ0n) is 10.3. The van der Waals surface area contributed by atoms with Crippen LogP contribution < -0.4 is 5.32 Å². The van der Waals surface area contributed by atoms with Crippen molar-refractivity contribution in [3.05, 3.63) is 35.4 Å². The largest absolute Gasteiger partial charge is 0.394 e. The van der Waals surface area contributed by atoms with Gasteiger partial charge in [0.15, 0.2) is 0 Å². The van der Waals surface area contributed by atoms with E-state index in [-0.39, 0.29) is 13.2 Å². The summed E-state index contributed by atoms with van der Waals surface area (Å²) >= 11 is 0. The predicted octanol–water partition coefficient (Wildman–Crippen LogP) is 0.877. The van der Waals surface area contributed by atoms with Crippen molar-refractivity contribution in [2.45, 2.75) is 37.8 Å². The molecule has 0 radical (unpaired) electrons. The Bertz CT molecular complexity index is 374. The highest BCUT2D eigenvalue weighted by atomic mass is 16.3. The second kappa shape index (κ2) is 5.17. The molecule has 0 saturated carbocycles. The maximum absolute atomic E-state index is 9.29. The molecule has 17 heavy (non-hydrogen) atoms. The molecule has 3 heteroatoms. The van der Waals surface area contributed by atoms with Gasteiger partial charge in [-0.25, -0.2) is 0 Å². The second-order valence-corrected chi connectivity index (χ2v) is 5.23. The van der Waals surface area contributed by atoms with Gasteiger partial charge in [-0.15, -0.1) is 0 Å². The standard InChI is InChI=1S/C14H21NO2/c1-14(9-16,10-17)15-13-7-6-11-4-2-3-5-12(11)8-13/h2-5,13,15-17H,6-10H2,1H3. The van der Waals surface area contributed by atoms with Crippen LogP contribution in [-0.4, -0.2) is 35.0 Å². The van der Waals surface area contributed by atoms with Gasteiger partial charge in [0.05, 0.1) is 18.8 Å². The molecule has 1 aliphatic carbocycles. The number of aliphatic hydroxyl groups is 2. The zero-order valence-corrected chi connectivity index (χ0v) is 10.3. The summed E-state index contributed by atoms with van der Waals surface area (Å²) in [6.07, 6.45) is 3.11. The highest BCUT2D eigenvalue weighted by molar-refractivity contribution is 5.30. The first kappa shape index (κ1) is 12.6. The summed E-state index contributed by atoms with van der Waals surface area (Å²) in [5.74, 6) is 0. The lowest BCUT2D eigenvalue weighted by molar-refractivity contribution is 0.0919. The summed E-state index contributed by atoms with van der Waals surface area (Å²) in [4.78, 5) is 0. The minimum atomic E-state index is -0.572. The van der Waals surface area contributed by atoms with Crippen molar-refractivity contribution in [2.24, 2.45) is 0 Å². The average Bonchev–Trinajstić information content (AvgIpc) is 2.38. The molecule has 0 heterocycles. The van der Waals surface area contributed by atoms with Crippen LogP contribution in [-0.2, 0) is 12.8 Å². The quantitative estimate of drug-likeness (QED) is 0.726. The monoisotopic (exact) mass is 235 g/mol. The number of aliphatic hydroxyl groups excluding tert-OH is 2. The van der Waals surface area contributed by atoms with E-state index in [4.69, 9.17) is 0 Å². The molecule has 1 aromatic carbocycles. The maximum Gasteiger partial charge on any atom is 0.0633 e. The van der Waals surface area contributed by atoms with Crippen LogP contribution in [0.3, 0.4) is 0 Å².